The van der Waals surface area contributed by atoms with Gasteiger partial charge in [-0.1, -0.05) is 32.9 Å². The fourth-order valence-electron chi connectivity index (χ4n) is 1.85. The Labute approximate surface area is 105 Å². The third kappa shape index (κ3) is 4.04. The molecule has 0 amide bonds. The normalized spacial score (nSPS) is 12.6. The third-order valence-corrected chi connectivity index (χ3v) is 2.77. The highest BCUT2D eigenvalue weighted by Gasteiger charge is 2.20. The van der Waals surface area contributed by atoms with Crippen LogP contribution in [-0.4, -0.2) is 17.8 Å². The van der Waals surface area contributed by atoms with Gasteiger partial charge in [-0.2, -0.15) is 0 Å². The van der Waals surface area contributed by atoms with Gasteiger partial charge in [0.15, 0.2) is 0 Å². The summed E-state index contributed by atoms with van der Waals surface area (Å²) in [5.41, 5.74) is 1.72. The number of benzene rings is 1. The van der Waals surface area contributed by atoms with Crippen LogP contribution >= 0.6 is 0 Å². The smallest absolute Gasteiger partial charge is 0.122 e. The van der Waals surface area contributed by atoms with Crippen LogP contribution in [0, 0.1) is 0 Å². The highest BCUT2D eigenvalue weighted by molar-refractivity contribution is 5.40. The van der Waals surface area contributed by atoms with E-state index >= 15 is 0 Å². The Morgan fingerprint density at radius 2 is 1.71 bits per heavy atom. The molecule has 17 heavy (non-hydrogen) atoms. The largest absolute Gasteiger partial charge is 0.496 e. The minimum absolute atomic E-state index is 0.112. The van der Waals surface area contributed by atoms with Crippen molar-refractivity contribution in [3.63, 3.8) is 0 Å². The van der Waals surface area contributed by atoms with Gasteiger partial charge < -0.3 is 9.84 Å². The summed E-state index contributed by atoms with van der Waals surface area (Å²) < 4.78 is 5.35. The van der Waals surface area contributed by atoms with E-state index in [-0.39, 0.29) is 5.41 Å². The molecule has 1 N–H and O–H groups in total. The van der Waals surface area contributed by atoms with E-state index in [2.05, 4.69) is 32.9 Å². The predicted molar refractivity (Wildman–Crippen MR) is 71.7 cm³/mol. The number of aliphatic hydroxyl groups is 1. The van der Waals surface area contributed by atoms with Crippen LogP contribution in [0.15, 0.2) is 18.2 Å². The van der Waals surface area contributed by atoms with Gasteiger partial charge in [0.2, 0.25) is 0 Å². The first kappa shape index (κ1) is 14.0. The van der Waals surface area contributed by atoms with Crippen molar-refractivity contribution in [2.24, 2.45) is 0 Å². The molecule has 0 aliphatic heterocycles. The summed E-state index contributed by atoms with van der Waals surface area (Å²) in [5.74, 6) is 0.847. The number of hydrogen-bond acceptors (Lipinski definition) is 2. The number of ether oxygens (including phenoxy) is 1. The van der Waals surface area contributed by atoms with E-state index < -0.39 is 5.60 Å². The predicted octanol–water partition coefficient (Wildman–Crippen LogP) is 3.31. The minimum atomic E-state index is -0.718. The molecule has 2 heteroatoms. The van der Waals surface area contributed by atoms with E-state index in [0.717, 1.165) is 11.3 Å². The first-order chi connectivity index (χ1) is 7.63. The molecule has 0 heterocycles. The van der Waals surface area contributed by atoms with E-state index in [1.54, 1.807) is 7.11 Å². The van der Waals surface area contributed by atoms with Gasteiger partial charge in [0, 0.05) is 6.42 Å². The van der Waals surface area contributed by atoms with E-state index in [1.807, 2.05) is 19.9 Å². The van der Waals surface area contributed by atoms with Crippen LogP contribution in [0.4, 0.5) is 0 Å². The molecule has 0 saturated heterocycles. The highest BCUT2D eigenvalue weighted by Crippen LogP contribution is 2.30. The number of methoxy groups -OCH3 is 1. The van der Waals surface area contributed by atoms with Gasteiger partial charge in [0.05, 0.1) is 12.7 Å². The van der Waals surface area contributed by atoms with E-state index in [4.69, 9.17) is 4.74 Å². The molecule has 0 atom stereocenters. The Morgan fingerprint density at radius 1 is 1.12 bits per heavy atom. The molecule has 0 aliphatic rings. The topological polar surface area (TPSA) is 29.5 Å². The maximum absolute atomic E-state index is 9.93. The second kappa shape index (κ2) is 4.69. The van der Waals surface area contributed by atoms with Crippen molar-refractivity contribution in [2.75, 3.05) is 7.11 Å². The average molecular weight is 236 g/mol. The summed E-state index contributed by atoms with van der Waals surface area (Å²) in [6.07, 6.45) is 0.597. The summed E-state index contributed by atoms with van der Waals surface area (Å²) in [6, 6.07) is 6.21. The second-order valence-corrected chi connectivity index (χ2v) is 6.27. The molecule has 0 unspecified atom stereocenters. The molecule has 0 spiro atoms. The fraction of sp³-hybridized carbons (Fsp3) is 0.600. The SMILES string of the molecule is COc1ccc(C(C)(C)C)cc1CC(C)(C)O. The summed E-state index contributed by atoms with van der Waals surface area (Å²) >= 11 is 0. The molecule has 0 radical (unpaired) electrons. The molecule has 0 aliphatic carbocycles. The first-order valence-electron chi connectivity index (χ1n) is 6.03. The van der Waals surface area contributed by atoms with Crippen LogP contribution in [0.5, 0.6) is 5.75 Å². The molecular weight excluding hydrogens is 212 g/mol. The summed E-state index contributed by atoms with van der Waals surface area (Å²) in [6.45, 7) is 10.2. The lowest BCUT2D eigenvalue weighted by atomic mass is 9.84. The number of rotatable bonds is 3. The van der Waals surface area contributed by atoms with Crippen LogP contribution in [-0.2, 0) is 11.8 Å². The molecule has 0 bridgehead atoms. The highest BCUT2D eigenvalue weighted by atomic mass is 16.5. The van der Waals surface area contributed by atoms with Crippen molar-refractivity contribution in [2.45, 2.75) is 52.1 Å². The zero-order valence-electron chi connectivity index (χ0n) is 11.8. The van der Waals surface area contributed by atoms with Crippen molar-refractivity contribution in [1.29, 1.82) is 0 Å². The van der Waals surface area contributed by atoms with Crippen molar-refractivity contribution in [3.05, 3.63) is 29.3 Å². The molecule has 96 valence electrons. The molecule has 1 rings (SSSR count). The van der Waals surface area contributed by atoms with Crippen LogP contribution in [0.1, 0.15) is 45.7 Å². The first-order valence-corrected chi connectivity index (χ1v) is 6.03. The molecular formula is C15H24O2. The van der Waals surface area contributed by atoms with Gasteiger partial charge in [-0.05, 0) is 36.5 Å². The lowest BCUT2D eigenvalue weighted by Crippen LogP contribution is -2.23. The molecule has 0 aromatic heterocycles. The summed E-state index contributed by atoms with van der Waals surface area (Å²) in [7, 11) is 1.67. The quantitative estimate of drug-likeness (QED) is 0.872. The van der Waals surface area contributed by atoms with Crippen LogP contribution in [0.2, 0.25) is 0 Å². The molecule has 1 aromatic rings. The molecule has 2 nitrogen and oxygen atoms in total. The Morgan fingerprint density at radius 3 is 2.12 bits per heavy atom. The Kier molecular flexibility index (Phi) is 3.88. The van der Waals surface area contributed by atoms with Crippen LogP contribution in [0.25, 0.3) is 0 Å². The zero-order valence-corrected chi connectivity index (χ0v) is 11.8. The summed E-state index contributed by atoms with van der Waals surface area (Å²) in [5, 5.41) is 9.93. The monoisotopic (exact) mass is 236 g/mol. The van der Waals surface area contributed by atoms with Gasteiger partial charge in [0.25, 0.3) is 0 Å². The van der Waals surface area contributed by atoms with Gasteiger partial charge >= 0.3 is 0 Å². The van der Waals surface area contributed by atoms with Gasteiger partial charge in [-0.3, -0.25) is 0 Å². The molecule has 0 fully saturated rings. The van der Waals surface area contributed by atoms with Crippen molar-refractivity contribution in [3.8, 4) is 5.75 Å². The Hall–Kier alpha value is -1.02. The van der Waals surface area contributed by atoms with Gasteiger partial charge in [-0.15, -0.1) is 0 Å². The summed E-state index contributed by atoms with van der Waals surface area (Å²) in [4.78, 5) is 0. The van der Waals surface area contributed by atoms with Gasteiger partial charge in [0.1, 0.15) is 5.75 Å². The number of hydrogen-bond donors (Lipinski definition) is 1. The fourth-order valence-corrected chi connectivity index (χ4v) is 1.85. The maximum Gasteiger partial charge on any atom is 0.122 e. The van der Waals surface area contributed by atoms with Crippen LogP contribution in [0.3, 0.4) is 0 Å². The van der Waals surface area contributed by atoms with Crippen LogP contribution < -0.4 is 4.74 Å². The lowest BCUT2D eigenvalue weighted by Gasteiger charge is -2.23. The molecule has 0 saturated carbocycles. The lowest BCUT2D eigenvalue weighted by molar-refractivity contribution is 0.0802. The Bertz CT molecular complexity index is 381. The second-order valence-electron chi connectivity index (χ2n) is 6.27. The van der Waals surface area contributed by atoms with Crippen molar-refractivity contribution in [1.82, 2.24) is 0 Å². The average Bonchev–Trinajstić information content (AvgIpc) is 2.13. The van der Waals surface area contributed by atoms with Gasteiger partial charge in [-0.25, -0.2) is 0 Å². The molecule has 1 aromatic carbocycles. The Balaban J connectivity index is 3.16. The third-order valence-electron chi connectivity index (χ3n) is 2.77. The van der Waals surface area contributed by atoms with E-state index in [9.17, 15) is 5.11 Å². The van der Waals surface area contributed by atoms with Crippen molar-refractivity contribution < 1.29 is 9.84 Å². The standard InChI is InChI=1S/C15H24O2/c1-14(2,3)12-7-8-13(17-6)11(9-12)10-15(4,5)16/h7-9,16H,10H2,1-6H3. The zero-order chi connectivity index (χ0) is 13.3. The minimum Gasteiger partial charge on any atom is -0.496 e. The van der Waals surface area contributed by atoms with Crippen molar-refractivity contribution >= 4 is 0 Å². The maximum atomic E-state index is 9.93. The van der Waals surface area contributed by atoms with E-state index in [1.165, 1.54) is 5.56 Å². The van der Waals surface area contributed by atoms with E-state index in [0.29, 0.717) is 6.42 Å².